The van der Waals surface area contributed by atoms with E-state index in [4.69, 9.17) is 5.73 Å². The average Bonchev–Trinajstić information content (AvgIpc) is 2.49. The van der Waals surface area contributed by atoms with Gasteiger partial charge in [0.1, 0.15) is 0 Å². The van der Waals surface area contributed by atoms with Gasteiger partial charge in [-0.15, -0.1) is 0 Å². The molecule has 0 spiro atoms. The van der Waals surface area contributed by atoms with Crippen molar-refractivity contribution in [3.63, 3.8) is 0 Å². The first kappa shape index (κ1) is 13.9. The molecule has 0 aromatic rings. The lowest BCUT2D eigenvalue weighted by Crippen LogP contribution is -2.32. The summed E-state index contributed by atoms with van der Waals surface area (Å²) in [6.07, 6.45) is 19.3. The molecular weight excluding hydrogens is 230 g/mol. The summed E-state index contributed by atoms with van der Waals surface area (Å²) in [5, 5.41) is 0. The van der Waals surface area contributed by atoms with Crippen molar-refractivity contribution in [3.05, 3.63) is 0 Å². The van der Waals surface area contributed by atoms with Crippen LogP contribution in [0.25, 0.3) is 0 Å². The first-order valence-electron chi connectivity index (χ1n) is 9.08. The van der Waals surface area contributed by atoms with Gasteiger partial charge in [0.25, 0.3) is 0 Å². The molecule has 0 amide bonds. The summed E-state index contributed by atoms with van der Waals surface area (Å²) in [5.41, 5.74) is 6.05. The summed E-state index contributed by atoms with van der Waals surface area (Å²) in [6, 6.07) is 0.523. The van der Waals surface area contributed by atoms with Crippen LogP contribution >= 0.6 is 0 Å². The summed E-state index contributed by atoms with van der Waals surface area (Å²) in [7, 11) is 0. The highest BCUT2D eigenvalue weighted by Gasteiger charge is 2.32. The second-order valence-corrected chi connectivity index (χ2v) is 7.75. The third kappa shape index (κ3) is 3.54. The van der Waals surface area contributed by atoms with Crippen LogP contribution in [0.1, 0.15) is 83.5 Å². The molecule has 0 heterocycles. The fraction of sp³-hybridized carbons (Fsp3) is 1.00. The van der Waals surface area contributed by atoms with Crippen molar-refractivity contribution in [3.8, 4) is 0 Å². The van der Waals surface area contributed by atoms with Crippen LogP contribution < -0.4 is 5.73 Å². The Morgan fingerprint density at radius 1 is 0.421 bits per heavy atom. The molecule has 1 heteroatoms. The van der Waals surface area contributed by atoms with Crippen LogP contribution in [0.4, 0.5) is 0 Å². The molecule has 2 N–H and O–H groups in total. The van der Waals surface area contributed by atoms with Crippen LogP contribution in [0.15, 0.2) is 0 Å². The quantitative estimate of drug-likeness (QED) is 0.754. The van der Waals surface area contributed by atoms with Gasteiger partial charge in [0.2, 0.25) is 0 Å². The molecule has 0 atom stereocenters. The number of hydrogen-bond acceptors (Lipinski definition) is 1. The Balaban J connectivity index is 1.44. The fourth-order valence-corrected chi connectivity index (χ4v) is 5.31. The number of nitrogens with two attached hydrogens (primary N) is 1. The van der Waals surface area contributed by atoms with E-state index in [1.54, 1.807) is 38.5 Å². The molecule has 0 aromatic carbocycles. The highest BCUT2D eigenvalue weighted by molar-refractivity contribution is 4.85. The molecule has 0 aliphatic heterocycles. The molecule has 19 heavy (non-hydrogen) atoms. The van der Waals surface area contributed by atoms with Gasteiger partial charge in [-0.25, -0.2) is 0 Å². The van der Waals surface area contributed by atoms with Gasteiger partial charge in [-0.1, -0.05) is 32.1 Å². The van der Waals surface area contributed by atoms with Gasteiger partial charge < -0.3 is 5.73 Å². The minimum atomic E-state index is 0.523. The highest BCUT2D eigenvalue weighted by Crippen LogP contribution is 2.44. The van der Waals surface area contributed by atoms with Crippen molar-refractivity contribution < 1.29 is 0 Å². The molecule has 3 fully saturated rings. The SMILES string of the molecule is NC1CCC(C2CCC(C3CCCCC3)CC2)CC1. The molecular formula is C18H33N. The van der Waals surface area contributed by atoms with Gasteiger partial charge in [-0.2, -0.15) is 0 Å². The normalized spacial score (nSPS) is 42.2. The van der Waals surface area contributed by atoms with Gasteiger partial charge in [0.05, 0.1) is 0 Å². The van der Waals surface area contributed by atoms with Crippen LogP contribution in [0.5, 0.6) is 0 Å². The summed E-state index contributed by atoms with van der Waals surface area (Å²) < 4.78 is 0. The molecule has 0 aromatic heterocycles. The predicted octanol–water partition coefficient (Wildman–Crippen LogP) is 4.89. The molecule has 110 valence electrons. The van der Waals surface area contributed by atoms with Gasteiger partial charge in [-0.3, -0.25) is 0 Å². The van der Waals surface area contributed by atoms with E-state index in [-0.39, 0.29) is 0 Å². The standard InChI is InChI=1S/C18H33N/c19-18-12-10-17(11-13-18)16-8-6-15(7-9-16)14-4-2-1-3-5-14/h14-18H,1-13,19H2. The van der Waals surface area contributed by atoms with E-state index >= 15 is 0 Å². The van der Waals surface area contributed by atoms with E-state index in [2.05, 4.69) is 0 Å². The highest BCUT2D eigenvalue weighted by atomic mass is 14.6. The largest absolute Gasteiger partial charge is 0.328 e. The molecule has 0 radical (unpaired) electrons. The lowest BCUT2D eigenvalue weighted by atomic mass is 9.66. The summed E-state index contributed by atoms with van der Waals surface area (Å²) in [5.74, 6) is 4.30. The first-order chi connectivity index (χ1) is 9.33. The summed E-state index contributed by atoms with van der Waals surface area (Å²) >= 11 is 0. The zero-order chi connectivity index (χ0) is 13.1. The van der Waals surface area contributed by atoms with Crippen molar-refractivity contribution in [2.45, 2.75) is 89.5 Å². The molecule has 3 aliphatic rings. The lowest BCUT2D eigenvalue weighted by molar-refractivity contribution is 0.120. The topological polar surface area (TPSA) is 26.0 Å². The van der Waals surface area contributed by atoms with E-state index < -0.39 is 0 Å². The average molecular weight is 263 g/mol. The van der Waals surface area contributed by atoms with Crippen molar-refractivity contribution >= 4 is 0 Å². The fourth-order valence-electron chi connectivity index (χ4n) is 5.31. The predicted molar refractivity (Wildman–Crippen MR) is 82.0 cm³/mol. The van der Waals surface area contributed by atoms with Gasteiger partial charge in [-0.05, 0) is 75.0 Å². The maximum Gasteiger partial charge on any atom is 0.00390 e. The van der Waals surface area contributed by atoms with Crippen LogP contribution in [0, 0.1) is 23.7 Å². The van der Waals surface area contributed by atoms with Crippen LogP contribution in [0.2, 0.25) is 0 Å². The Morgan fingerprint density at radius 3 is 1.26 bits per heavy atom. The third-order valence-electron chi connectivity index (χ3n) is 6.62. The molecule has 0 bridgehead atoms. The molecule has 1 nitrogen and oxygen atoms in total. The molecule has 3 saturated carbocycles. The monoisotopic (exact) mass is 263 g/mol. The minimum Gasteiger partial charge on any atom is -0.328 e. The van der Waals surface area contributed by atoms with Crippen LogP contribution in [-0.4, -0.2) is 6.04 Å². The molecule has 3 aliphatic carbocycles. The Kier molecular flexibility index (Phi) is 4.84. The third-order valence-corrected chi connectivity index (χ3v) is 6.62. The first-order valence-corrected chi connectivity index (χ1v) is 9.08. The second kappa shape index (κ2) is 6.61. The van der Waals surface area contributed by atoms with E-state index in [1.807, 2.05) is 0 Å². The Labute approximate surface area is 119 Å². The Morgan fingerprint density at radius 2 is 0.789 bits per heavy atom. The maximum atomic E-state index is 6.05. The van der Waals surface area contributed by atoms with Crippen molar-refractivity contribution in [1.29, 1.82) is 0 Å². The van der Waals surface area contributed by atoms with Crippen LogP contribution in [0.3, 0.4) is 0 Å². The summed E-state index contributed by atoms with van der Waals surface area (Å²) in [6.45, 7) is 0. The number of rotatable bonds is 2. The van der Waals surface area contributed by atoms with E-state index in [0.717, 1.165) is 23.7 Å². The summed E-state index contributed by atoms with van der Waals surface area (Å²) in [4.78, 5) is 0. The van der Waals surface area contributed by atoms with Crippen molar-refractivity contribution in [2.24, 2.45) is 29.4 Å². The Bertz CT molecular complexity index is 253. The zero-order valence-corrected chi connectivity index (χ0v) is 12.7. The van der Waals surface area contributed by atoms with Crippen molar-refractivity contribution in [2.75, 3.05) is 0 Å². The molecule has 3 rings (SSSR count). The lowest BCUT2D eigenvalue weighted by Gasteiger charge is -2.40. The molecule has 0 saturated heterocycles. The smallest absolute Gasteiger partial charge is 0.00390 e. The molecule has 0 unspecified atom stereocenters. The van der Waals surface area contributed by atoms with Crippen molar-refractivity contribution in [1.82, 2.24) is 0 Å². The maximum absolute atomic E-state index is 6.05. The second-order valence-electron chi connectivity index (χ2n) is 7.75. The van der Waals surface area contributed by atoms with Gasteiger partial charge >= 0.3 is 0 Å². The van der Waals surface area contributed by atoms with E-state index in [1.165, 1.54) is 44.9 Å². The minimum absolute atomic E-state index is 0.523. The van der Waals surface area contributed by atoms with E-state index in [0.29, 0.717) is 6.04 Å². The van der Waals surface area contributed by atoms with Crippen LogP contribution in [-0.2, 0) is 0 Å². The Hall–Kier alpha value is -0.0400. The van der Waals surface area contributed by atoms with Gasteiger partial charge in [0, 0.05) is 6.04 Å². The van der Waals surface area contributed by atoms with Gasteiger partial charge in [0.15, 0.2) is 0 Å². The zero-order valence-electron chi connectivity index (χ0n) is 12.7. The van der Waals surface area contributed by atoms with E-state index in [9.17, 15) is 0 Å². The number of hydrogen-bond donors (Lipinski definition) is 1.